The van der Waals surface area contributed by atoms with Gasteiger partial charge in [0.25, 0.3) is 0 Å². The van der Waals surface area contributed by atoms with Gasteiger partial charge in [-0.2, -0.15) is 0 Å². The van der Waals surface area contributed by atoms with Crippen molar-refractivity contribution in [2.45, 2.75) is 32.4 Å². The average Bonchev–Trinajstić information content (AvgIpc) is 1.58. The SMILES string of the molecule is CC[C@H]1C[C@H](F)C1. The average molecular weight is 102 g/mol. The van der Waals surface area contributed by atoms with Gasteiger partial charge in [-0.05, 0) is 18.8 Å². The van der Waals surface area contributed by atoms with Crippen molar-refractivity contribution >= 4 is 0 Å². The van der Waals surface area contributed by atoms with Crippen molar-refractivity contribution in [3.8, 4) is 0 Å². The Bertz CT molecular complexity index is 55.2. The van der Waals surface area contributed by atoms with Crippen molar-refractivity contribution < 1.29 is 4.39 Å². The van der Waals surface area contributed by atoms with Gasteiger partial charge in [0.05, 0.1) is 0 Å². The molecule has 1 heteroatoms. The summed E-state index contributed by atoms with van der Waals surface area (Å²) < 4.78 is 12.0. The van der Waals surface area contributed by atoms with Crippen LogP contribution in [-0.2, 0) is 0 Å². The van der Waals surface area contributed by atoms with Crippen molar-refractivity contribution in [1.82, 2.24) is 0 Å². The van der Waals surface area contributed by atoms with E-state index < -0.39 is 6.17 Å². The van der Waals surface area contributed by atoms with Gasteiger partial charge in [-0.1, -0.05) is 13.3 Å². The predicted molar refractivity (Wildman–Crippen MR) is 27.9 cm³/mol. The molecule has 0 nitrogen and oxygen atoms in total. The highest BCUT2D eigenvalue weighted by Gasteiger charge is 2.26. The van der Waals surface area contributed by atoms with Crippen LogP contribution in [0.25, 0.3) is 0 Å². The molecule has 0 atom stereocenters. The van der Waals surface area contributed by atoms with Crippen molar-refractivity contribution in [2.24, 2.45) is 5.92 Å². The molecule has 0 aromatic heterocycles. The zero-order chi connectivity index (χ0) is 5.28. The largest absolute Gasteiger partial charge is 0.247 e. The van der Waals surface area contributed by atoms with Gasteiger partial charge in [0.1, 0.15) is 6.17 Å². The number of hydrogen-bond donors (Lipinski definition) is 0. The Morgan fingerprint density at radius 2 is 2.14 bits per heavy atom. The summed E-state index contributed by atoms with van der Waals surface area (Å²) in [5.41, 5.74) is 0. The topological polar surface area (TPSA) is 0 Å². The molecule has 1 aliphatic rings. The quantitative estimate of drug-likeness (QED) is 0.476. The third-order valence-corrected chi connectivity index (χ3v) is 1.76. The van der Waals surface area contributed by atoms with Gasteiger partial charge < -0.3 is 0 Å². The van der Waals surface area contributed by atoms with Crippen LogP contribution >= 0.6 is 0 Å². The summed E-state index contributed by atoms with van der Waals surface area (Å²) in [6, 6.07) is 0. The van der Waals surface area contributed by atoms with E-state index in [0.717, 1.165) is 18.8 Å². The zero-order valence-corrected chi connectivity index (χ0v) is 4.65. The number of alkyl halides is 1. The highest BCUT2D eigenvalue weighted by molar-refractivity contribution is 4.77. The van der Waals surface area contributed by atoms with Crippen LogP contribution in [0, 0.1) is 5.92 Å². The Hall–Kier alpha value is -0.0700. The molecular weight excluding hydrogens is 91.1 g/mol. The first kappa shape index (κ1) is 5.07. The van der Waals surface area contributed by atoms with Crippen molar-refractivity contribution in [3.63, 3.8) is 0 Å². The minimum absolute atomic E-state index is 0.454. The molecule has 0 unspecified atom stereocenters. The standard InChI is InChI=1S/C6H11F/c1-2-5-3-6(7)4-5/h5-6H,2-4H2,1H3/t5-,6-. The normalized spacial score (nSPS) is 40.3. The van der Waals surface area contributed by atoms with Crippen LogP contribution in [0.15, 0.2) is 0 Å². The van der Waals surface area contributed by atoms with Crippen LogP contribution in [-0.4, -0.2) is 6.17 Å². The van der Waals surface area contributed by atoms with Crippen LogP contribution in [0.2, 0.25) is 0 Å². The van der Waals surface area contributed by atoms with Crippen LogP contribution in [0.3, 0.4) is 0 Å². The molecular formula is C6H11F. The van der Waals surface area contributed by atoms with Crippen molar-refractivity contribution in [1.29, 1.82) is 0 Å². The monoisotopic (exact) mass is 102 g/mol. The Morgan fingerprint density at radius 3 is 2.29 bits per heavy atom. The third-order valence-electron chi connectivity index (χ3n) is 1.76. The first-order valence-electron chi connectivity index (χ1n) is 2.97. The number of rotatable bonds is 1. The smallest absolute Gasteiger partial charge is 0.101 e. The van der Waals surface area contributed by atoms with Gasteiger partial charge in [-0.3, -0.25) is 0 Å². The third kappa shape index (κ3) is 0.929. The van der Waals surface area contributed by atoms with E-state index >= 15 is 0 Å². The molecule has 0 N–H and O–H groups in total. The molecule has 0 heterocycles. The fourth-order valence-corrected chi connectivity index (χ4v) is 0.988. The van der Waals surface area contributed by atoms with E-state index in [2.05, 4.69) is 6.92 Å². The summed E-state index contributed by atoms with van der Waals surface area (Å²) in [6.45, 7) is 2.12. The lowest BCUT2D eigenvalue weighted by Crippen LogP contribution is -2.23. The van der Waals surface area contributed by atoms with E-state index in [4.69, 9.17) is 0 Å². The van der Waals surface area contributed by atoms with Gasteiger partial charge >= 0.3 is 0 Å². The lowest BCUT2D eigenvalue weighted by molar-refractivity contribution is 0.128. The Labute approximate surface area is 43.7 Å². The lowest BCUT2D eigenvalue weighted by atomic mass is 9.82. The molecule has 0 amide bonds. The summed E-state index contributed by atoms with van der Waals surface area (Å²) >= 11 is 0. The predicted octanol–water partition coefficient (Wildman–Crippen LogP) is 2.14. The molecule has 1 aliphatic carbocycles. The fraction of sp³-hybridized carbons (Fsp3) is 1.00. The molecule has 0 aliphatic heterocycles. The van der Waals surface area contributed by atoms with E-state index in [1.54, 1.807) is 0 Å². The molecule has 42 valence electrons. The highest BCUT2D eigenvalue weighted by atomic mass is 19.1. The molecule has 0 aromatic carbocycles. The lowest BCUT2D eigenvalue weighted by Gasteiger charge is -2.27. The second kappa shape index (κ2) is 1.81. The molecule has 0 radical (unpaired) electrons. The zero-order valence-electron chi connectivity index (χ0n) is 4.65. The van der Waals surface area contributed by atoms with Gasteiger partial charge in [-0.25, -0.2) is 4.39 Å². The Balaban J connectivity index is 2.06. The summed E-state index contributed by atoms with van der Waals surface area (Å²) in [5, 5.41) is 0. The molecule has 0 spiro atoms. The fourth-order valence-electron chi connectivity index (χ4n) is 0.988. The van der Waals surface area contributed by atoms with E-state index in [1.165, 1.54) is 6.42 Å². The molecule has 1 saturated carbocycles. The Morgan fingerprint density at radius 1 is 1.57 bits per heavy atom. The molecule has 0 bridgehead atoms. The van der Waals surface area contributed by atoms with Gasteiger partial charge in [-0.15, -0.1) is 0 Å². The molecule has 7 heavy (non-hydrogen) atoms. The first-order valence-corrected chi connectivity index (χ1v) is 2.97. The van der Waals surface area contributed by atoms with Gasteiger partial charge in [0, 0.05) is 0 Å². The van der Waals surface area contributed by atoms with Crippen molar-refractivity contribution in [2.75, 3.05) is 0 Å². The Kier molecular flexibility index (Phi) is 1.31. The summed E-state index contributed by atoms with van der Waals surface area (Å²) in [7, 11) is 0. The van der Waals surface area contributed by atoms with E-state index in [0.29, 0.717) is 0 Å². The second-order valence-electron chi connectivity index (χ2n) is 2.34. The maximum atomic E-state index is 12.0. The highest BCUT2D eigenvalue weighted by Crippen LogP contribution is 2.31. The molecule has 0 saturated heterocycles. The first-order chi connectivity index (χ1) is 3.33. The summed E-state index contributed by atoms with van der Waals surface area (Å²) in [6.07, 6.45) is 2.37. The summed E-state index contributed by atoms with van der Waals surface area (Å²) in [4.78, 5) is 0. The maximum absolute atomic E-state index is 12.0. The van der Waals surface area contributed by atoms with Gasteiger partial charge in [0.15, 0.2) is 0 Å². The van der Waals surface area contributed by atoms with Crippen LogP contribution in [0.5, 0.6) is 0 Å². The van der Waals surface area contributed by atoms with E-state index in [1.807, 2.05) is 0 Å². The molecule has 1 fully saturated rings. The number of halogens is 1. The minimum atomic E-state index is -0.454. The van der Waals surface area contributed by atoms with E-state index in [9.17, 15) is 4.39 Å². The maximum Gasteiger partial charge on any atom is 0.101 e. The summed E-state index contributed by atoms with van der Waals surface area (Å²) in [5.74, 6) is 0.718. The van der Waals surface area contributed by atoms with Gasteiger partial charge in [0.2, 0.25) is 0 Å². The second-order valence-corrected chi connectivity index (χ2v) is 2.34. The van der Waals surface area contributed by atoms with Crippen molar-refractivity contribution in [3.05, 3.63) is 0 Å². The minimum Gasteiger partial charge on any atom is -0.247 e. The van der Waals surface area contributed by atoms with Crippen LogP contribution in [0.1, 0.15) is 26.2 Å². The van der Waals surface area contributed by atoms with E-state index in [-0.39, 0.29) is 0 Å². The number of hydrogen-bond acceptors (Lipinski definition) is 0. The molecule has 0 aromatic rings. The van der Waals surface area contributed by atoms with Crippen LogP contribution in [0.4, 0.5) is 4.39 Å². The van der Waals surface area contributed by atoms with Crippen LogP contribution < -0.4 is 0 Å². The molecule has 1 rings (SSSR count).